The Hall–Kier alpha value is -6.00. The van der Waals surface area contributed by atoms with Crippen LogP contribution >= 0.6 is 11.6 Å². The highest BCUT2D eigenvalue weighted by Gasteiger charge is 2.70. The monoisotopic (exact) mass is 726 g/mol. The number of carboxylic acids is 1. The molecule has 10 nitrogen and oxygen atoms in total. The molecular weight excluding hydrogens is 696 g/mol. The molecule has 0 radical (unpaired) electrons. The average Bonchev–Trinajstić information content (AvgIpc) is 3.55. The van der Waals surface area contributed by atoms with Crippen molar-refractivity contribution in [1.82, 2.24) is 0 Å². The van der Waals surface area contributed by atoms with E-state index >= 15 is 4.79 Å². The van der Waals surface area contributed by atoms with Crippen LogP contribution in [0.15, 0.2) is 121 Å². The molecule has 0 unspecified atom stereocenters. The number of halogens is 1. The number of imide groups is 2. The first-order valence-corrected chi connectivity index (χ1v) is 17.8. The minimum Gasteiger partial charge on any atom is -0.508 e. The molecule has 53 heavy (non-hydrogen) atoms. The summed E-state index contributed by atoms with van der Waals surface area (Å²) in [6.45, 7) is 0. The van der Waals surface area contributed by atoms with Gasteiger partial charge in [0.05, 0.1) is 46.4 Å². The molecule has 4 aromatic rings. The number of benzene rings is 4. The van der Waals surface area contributed by atoms with Gasteiger partial charge in [0.2, 0.25) is 23.6 Å². The molecule has 2 saturated heterocycles. The Morgan fingerprint density at radius 1 is 0.811 bits per heavy atom. The number of carbonyl (C=O) groups is 5. The fraction of sp³-hybridized carbons (Fsp3) is 0.214. The maximum absolute atomic E-state index is 15.4. The normalized spacial score (nSPS) is 27.3. The Bertz CT molecular complexity index is 2350. The lowest BCUT2D eigenvalue weighted by atomic mass is 9.48. The molecule has 0 bridgehead atoms. The second-order valence-electron chi connectivity index (χ2n) is 14.2. The second kappa shape index (κ2) is 12.0. The summed E-state index contributed by atoms with van der Waals surface area (Å²) in [7, 11) is 0. The number of aromatic carboxylic acids is 1. The van der Waals surface area contributed by atoms with Crippen LogP contribution < -0.4 is 14.5 Å². The van der Waals surface area contributed by atoms with Crippen LogP contribution in [0.3, 0.4) is 0 Å². The van der Waals surface area contributed by atoms with Crippen LogP contribution in [0.1, 0.15) is 34.3 Å². The molecule has 3 heterocycles. The zero-order valence-corrected chi connectivity index (χ0v) is 28.8. The number of anilines is 2. The van der Waals surface area contributed by atoms with E-state index in [1.807, 2.05) is 36.4 Å². The third-order valence-corrected chi connectivity index (χ3v) is 11.9. The number of carboxylic acid groups (broad SMARTS) is 1. The largest absolute Gasteiger partial charge is 0.508 e. The van der Waals surface area contributed by atoms with Gasteiger partial charge in [0.1, 0.15) is 11.5 Å². The smallest absolute Gasteiger partial charge is 0.335 e. The van der Waals surface area contributed by atoms with Gasteiger partial charge in [0, 0.05) is 22.9 Å². The van der Waals surface area contributed by atoms with Crippen molar-refractivity contribution in [3.05, 3.63) is 142 Å². The highest BCUT2D eigenvalue weighted by atomic mass is 35.5. The van der Waals surface area contributed by atoms with E-state index in [9.17, 15) is 29.4 Å². The first-order valence-electron chi connectivity index (χ1n) is 17.4. The van der Waals surface area contributed by atoms with Crippen LogP contribution in [0.5, 0.6) is 11.5 Å². The van der Waals surface area contributed by atoms with E-state index < -0.39 is 64.6 Å². The van der Waals surface area contributed by atoms with Crippen LogP contribution in [0.25, 0.3) is 0 Å². The van der Waals surface area contributed by atoms with E-state index in [1.54, 1.807) is 42.7 Å². The fourth-order valence-corrected chi connectivity index (χ4v) is 9.78. The number of carbonyl (C=O) groups excluding carboxylic acids is 4. The molecule has 9 rings (SSSR count). The van der Waals surface area contributed by atoms with E-state index in [4.69, 9.17) is 16.3 Å². The third-order valence-electron chi connectivity index (χ3n) is 11.7. The van der Waals surface area contributed by atoms with Crippen molar-refractivity contribution in [2.24, 2.45) is 29.6 Å². The number of phenolic OH excluding ortho intramolecular Hbond substituents is 1. The zero-order chi connectivity index (χ0) is 36.8. The molecule has 0 aromatic heterocycles. The Morgan fingerprint density at radius 2 is 1.57 bits per heavy atom. The average molecular weight is 727 g/mol. The molecule has 4 amide bonds. The van der Waals surface area contributed by atoms with Crippen LogP contribution in [-0.4, -0.2) is 39.8 Å². The Balaban J connectivity index is 1.24. The van der Waals surface area contributed by atoms with Gasteiger partial charge < -0.3 is 14.9 Å². The summed E-state index contributed by atoms with van der Waals surface area (Å²) in [5.41, 5.74) is 1.73. The first kappa shape index (κ1) is 32.9. The zero-order valence-electron chi connectivity index (χ0n) is 28.0. The number of allylic oxidation sites excluding steroid dienone is 3. The molecule has 3 aliphatic heterocycles. The summed E-state index contributed by atoms with van der Waals surface area (Å²) in [5, 5.41) is 20.4. The van der Waals surface area contributed by atoms with E-state index in [0.717, 1.165) is 10.5 Å². The summed E-state index contributed by atoms with van der Waals surface area (Å²) < 4.78 is 6.17. The summed E-state index contributed by atoms with van der Waals surface area (Å²) in [6, 6.07) is 26.3. The predicted octanol–water partition coefficient (Wildman–Crippen LogP) is 6.46. The van der Waals surface area contributed by atoms with Gasteiger partial charge in [0.15, 0.2) is 0 Å². The Kier molecular flexibility index (Phi) is 7.46. The fourth-order valence-electron chi connectivity index (χ4n) is 9.59. The highest BCUT2D eigenvalue weighted by Crippen LogP contribution is 2.64. The number of rotatable bonds is 5. The second-order valence-corrected chi connectivity index (χ2v) is 14.7. The topological polar surface area (TPSA) is 142 Å². The number of ether oxygens (including phenoxy) is 1. The number of hydrogen-bond donors (Lipinski definition) is 2. The van der Waals surface area contributed by atoms with Crippen molar-refractivity contribution >= 4 is 52.6 Å². The van der Waals surface area contributed by atoms with Gasteiger partial charge in [-0.05, 0) is 84.5 Å². The standard InChI is InChI=1S/C42H31ClN2O8/c43-26-9-5-11-28(19-26)45-38(48)33-20-32-30(13-14-31-35(32)39(49)44(37(31)47)27-10-4-6-22(17-27)40(50)51)36(42(33,41(45)52)25-7-2-1-3-8-25)24-16-23-18-29(46)12-15-34(23)53-21-24/h1-13,15,17-19,21,31-33,35-36,46H,14,16,20H2,(H,50,51)/t31-,32+,33-,35-,36-,42+/m0/s1. The summed E-state index contributed by atoms with van der Waals surface area (Å²) in [4.78, 5) is 73.1. The van der Waals surface area contributed by atoms with Gasteiger partial charge in [-0.15, -0.1) is 0 Å². The minimum atomic E-state index is -1.47. The van der Waals surface area contributed by atoms with Crippen LogP contribution in [-0.2, 0) is 31.0 Å². The van der Waals surface area contributed by atoms with E-state index in [1.165, 1.54) is 35.2 Å². The van der Waals surface area contributed by atoms with Crippen molar-refractivity contribution in [3.8, 4) is 11.5 Å². The summed E-state index contributed by atoms with van der Waals surface area (Å²) in [5.74, 6) is -6.35. The van der Waals surface area contributed by atoms with Crippen molar-refractivity contribution in [2.45, 2.75) is 24.7 Å². The van der Waals surface area contributed by atoms with E-state index in [2.05, 4.69) is 0 Å². The maximum atomic E-state index is 15.4. The molecule has 6 atom stereocenters. The van der Waals surface area contributed by atoms with Gasteiger partial charge >= 0.3 is 5.97 Å². The predicted molar refractivity (Wildman–Crippen MR) is 193 cm³/mol. The van der Waals surface area contributed by atoms with Crippen LogP contribution in [0.2, 0.25) is 5.02 Å². The number of phenols is 1. The third kappa shape index (κ3) is 4.74. The Morgan fingerprint density at radius 3 is 2.32 bits per heavy atom. The van der Waals surface area contributed by atoms with Gasteiger partial charge in [-0.3, -0.25) is 24.1 Å². The highest BCUT2D eigenvalue weighted by molar-refractivity contribution is 6.32. The SMILES string of the molecule is O=C(O)c1cccc(N2C(=O)[C@H]3[C@H](CC=C4[C@H](C5=COc6ccc(O)cc6C5)[C@]5(c6ccccc6)C(=O)N(c6cccc(Cl)c6)C(=O)[C@@H]5C[C@H]43)C2=O)c1. The van der Waals surface area contributed by atoms with Crippen molar-refractivity contribution < 1.29 is 38.9 Å². The van der Waals surface area contributed by atoms with E-state index in [-0.39, 0.29) is 36.3 Å². The molecule has 1 saturated carbocycles. The molecule has 264 valence electrons. The molecule has 2 N–H and O–H groups in total. The number of fused-ring (bicyclic) bond motifs is 5. The van der Waals surface area contributed by atoms with Crippen molar-refractivity contribution in [2.75, 3.05) is 9.80 Å². The number of hydrogen-bond acceptors (Lipinski definition) is 7. The maximum Gasteiger partial charge on any atom is 0.335 e. The molecule has 2 aliphatic carbocycles. The van der Waals surface area contributed by atoms with Crippen molar-refractivity contribution in [3.63, 3.8) is 0 Å². The van der Waals surface area contributed by atoms with Crippen LogP contribution in [0, 0.1) is 29.6 Å². The van der Waals surface area contributed by atoms with Gasteiger partial charge in [-0.2, -0.15) is 0 Å². The molecule has 0 spiro atoms. The molecule has 3 fully saturated rings. The number of aromatic hydroxyl groups is 1. The lowest BCUT2D eigenvalue weighted by Crippen LogP contribution is -2.55. The molecular formula is C42H31ClN2O8. The van der Waals surface area contributed by atoms with E-state index in [0.29, 0.717) is 33.2 Å². The summed E-state index contributed by atoms with van der Waals surface area (Å²) in [6.07, 6.45) is 4.17. The lowest BCUT2D eigenvalue weighted by molar-refractivity contribution is -0.128. The minimum absolute atomic E-state index is 0.0480. The molecule has 11 heteroatoms. The molecule has 5 aliphatic rings. The van der Waals surface area contributed by atoms with Crippen molar-refractivity contribution in [1.29, 1.82) is 0 Å². The quantitative estimate of drug-likeness (QED) is 0.176. The van der Waals surface area contributed by atoms with Crippen LogP contribution in [0.4, 0.5) is 11.4 Å². The lowest BCUT2D eigenvalue weighted by Gasteiger charge is -2.51. The van der Waals surface area contributed by atoms with Gasteiger partial charge in [-0.25, -0.2) is 9.69 Å². The number of amides is 4. The van der Waals surface area contributed by atoms with Gasteiger partial charge in [0.25, 0.3) is 0 Å². The van der Waals surface area contributed by atoms with Gasteiger partial charge in [-0.1, -0.05) is 65.7 Å². The molecule has 4 aromatic carbocycles. The first-order chi connectivity index (χ1) is 25.6. The Labute approximate surface area is 308 Å². The summed E-state index contributed by atoms with van der Waals surface area (Å²) >= 11 is 6.40. The number of nitrogens with zero attached hydrogens (tertiary/aromatic N) is 2.